The summed E-state index contributed by atoms with van der Waals surface area (Å²) in [6.45, 7) is 2.64. The lowest BCUT2D eigenvalue weighted by molar-refractivity contribution is -0.427. The second kappa shape index (κ2) is 10.8. The number of fused-ring (bicyclic) bond motifs is 2. The number of hydrogen-bond acceptors (Lipinski definition) is 12. The van der Waals surface area contributed by atoms with Gasteiger partial charge in [0.25, 0.3) is 5.91 Å². The molecule has 14 nitrogen and oxygen atoms in total. The third-order valence-corrected chi connectivity index (χ3v) is 9.12. The number of rotatable bonds is 7. The molecule has 0 spiro atoms. The summed E-state index contributed by atoms with van der Waals surface area (Å²) >= 11 is 1.46. The van der Waals surface area contributed by atoms with Crippen LogP contribution in [0, 0.1) is 0 Å². The van der Waals surface area contributed by atoms with Crippen LogP contribution in [0.2, 0.25) is 0 Å². The van der Waals surface area contributed by atoms with Gasteiger partial charge in [-0.25, -0.2) is 4.98 Å². The summed E-state index contributed by atoms with van der Waals surface area (Å²) in [7, 11) is 0. The molecule has 0 bridgehead atoms. The number of anilines is 2. The minimum absolute atomic E-state index is 0.131. The Labute approximate surface area is 242 Å². The van der Waals surface area contributed by atoms with E-state index in [9.17, 15) is 9.59 Å². The first-order chi connectivity index (χ1) is 20.5. The van der Waals surface area contributed by atoms with Crippen molar-refractivity contribution in [2.24, 2.45) is 5.73 Å². The number of morpholine rings is 1. The maximum absolute atomic E-state index is 12.8. The van der Waals surface area contributed by atoms with Crippen molar-refractivity contribution in [2.75, 3.05) is 36.5 Å². The molecule has 1 saturated heterocycles. The number of nitrogens with one attached hydrogen (secondary N) is 1. The maximum Gasteiger partial charge on any atom is 0.254 e. The molecule has 7 rings (SSSR count). The van der Waals surface area contributed by atoms with Gasteiger partial charge in [0, 0.05) is 38.1 Å². The molecule has 6 heterocycles. The van der Waals surface area contributed by atoms with Crippen molar-refractivity contribution in [1.82, 2.24) is 24.7 Å². The summed E-state index contributed by atoms with van der Waals surface area (Å²) < 4.78 is 19.1. The second-order valence-corrected chi connectivity index (χ2v) is 11.7. The SMILES string of the molecule is NC(=O)c1c(Cc2cc(-c3coc4c(=O)cc(N5CCOCC5)sc34)on2)nc(N[C@H]2CCCC[C@H]2[NH3+])n2cnnc12. The van der Waals surface area contributed by atoms with Crippen LogP contribution in [-0.2, 0) is 11.2 Å². The smallest absolute Gasteiger partial charge is 0.254 e. The number of furan rings is 1. The summed E-state index contributed by atoms with van der Waals surface area (Å²) in [5, 5.41) is 16.8. The third-order valence-electron chi connectivity index (χ3n) is 7.93. The molecule has 218 valence electrons. The highest BCUT2D eigenvalue weighted by molar-refractivity contribution is 7.22. The molecule has 1 amide bonds. The first-order valence-corrected chi connectivity index (χ1v) is 14.7. The Morgan fingerprint density at radius 2 is 2.05 bits per heavy atom. The Balaban J connectivity index is 1.23. The quantitative estimate of drug-likeness (QED) is 0.247. The van der Waals surface area contributed by atoms with Crippen LogP contribution in [-0.4, -0.2) is 69.0 Å². The molecule has 0 radical (unpaired) electrons. The highest BCUT2D eigenvalue weighted by Gasteiger charge is 2.28. The molecule has 6 N–H and O–H groups in total. The molecule has 5 aromatic heterocycles. The van der Waals surface area contributed by atoms with Crippen molar-refractivity contribution in [2.45, 2.75) is 44.2 Å². The standard InChI is InChI=1S/C27H29N9O5S/c28-16-3-1-2-4-17(16)31-27-32-18(22(25(29)38)26-33-30-13-36(26)27)9-14-10-20(41-34-14)15-12-40-23-19(37)11-21(42-24(15)23)35-5-7-39-8-6-35/h10-13,16-17H,1-9,28H2,(H2,29,38)(H,31,32)/p+1/t16-,17+/m1/s1. The van der Waals surface area contributed by atoms with Crippen molar-refractivity contribution >= 4 is 44.1 Å². The maximum atomic E-state index is 12.8. The number of amides is 1. The van der Waals surface area contributed by atoms with Gasteiger partial charge < -0.3 is 35.4 Å². The number of nitrogens with zero attached hydrogens (tertiary/aromatic N) is 6. The van der Waals surface area contributed by atoms with Crippen LogP contribution < -0.4 is 27.1 Å². The second-order valence-electron chi connectivity index (χ2n) is 10.7. The number of nitrogens with two attached hydrogens (primary N) is 1. The van der Waals surface area contributed by atoms with Crippen LogP contribution in [0.5, 0.6) is 0 Å². The summed E-state index contributed by atoms with van der Waals surface area (Å²) in [5.41, 5.74) is 12.2. The fraction of sp³-hybridized carbons (Fsp3) is 0.407. The fourth-order valence-electron chi connectivity index (χ4n) is 5.71. The normalized spacial score (nSPS) is 19.5. The summed E-state index contributed by atoms with van der Waals surface area (Å²) in [6, 6.07) is 3.72. The lowest BCUT2D eigenvalue weighted by atomic mass is 9.91. The Bertz CT molecular complexity index is 1840. The van der Waals surface area contributed by atoms with Crippen molar-refractivity contribution in [3.05, 3.63) is 51.9 Å². The van der Waals surface area contributed by atoms with E-state index >= 15 is 0 Å². The van der Waals surface area contributed by atoms with Crippen molar-refractivity contribution < 1.29 is 24.2 Å². The lowest BCUT2D eigenvalue weighted by Gasteiger charge is -2.27. The van der Waals surface area contributed by atoms with Crippen LogP contribution >= 0.6 is 11.3 Å². The lowest BCUT2D eigenvalue weighted by Crippen LogP contribution is -2.68. The first-order valence-electron chi connectivity index (χ1n) is 13.9. The first kappa shape index (κ1) is 26.6. The van der Waals surface area contributed by atoms with E-state index < -0.39 is 5.91 Å². The number of aromatic nitrogens is 5. The average molecular weight is 593 g/mol. The van der Waals surface area contributed by atoms with E-state index in [2.05, 4.69) is 31.3 Å². The molecular weight excluding hydrogens is 562 g/mol. The summed E-state index contributed by atoms with van der Waals surface area (Å²) in [5.74, 6) is 0.281. The summed E-state index contributed by atoms with van der Waals surface area (Å²) in [4.78, 5) is 32.4. The Morgan fingerprint density at radius 1 is 1.21 bits per heavy atom. The van der Waals surface area contributed by atoms with Gasteiger partial charge in [0.05, 0.1) is 45.9 Å². The van der Waals surface area contributed by atoms with E-state index in [1.54, 1.807) is 16.5 Å². The molecule has 2 atom stereocenters. The van der Waals surface area contributed by atoms with Crippen molar-refractivity contribution in [1.29, 1.82) is 0 Å². The Hall–Kier alpha value is -4.34. The Morgan fingerprint density at radius 3 is 2.86 bits per heavy atom. The third kappa shape index (κ3) is 4.78. The zero-order chi connectivity index (χ0) is 28.8. The molecule has 1 aliphatic heterocycles. The van der Waals surface area contributed by atoms with Crippen LogP contribution in [0.25, 0.3) is 27.3 Å². The summed E-state index contributed by atoms with van der Waals surface area (Å²) in [6.07, 6.45) is 7.43. The van der Waals surface area contributed by atoms with Gasteiger partial charge in [-0.15, -0.1) is 21.5 Å². The van der Waals surface area contributed by atoms with E-state index in [1.807, 2.05) is 0 Å². The molecule has 1 aliphatic carbocycles. The Kier molecular flexibility index (Phi) is 6.84. The molecule has 0 unspecified atom stereocenters. The fourth-order valence-corrected chi connectivity index (χ4v) is 6.89. The van der Waals surface area contributed by atoms with Gasteiger partial charge >= 0.3 is 0 Å². The van der Waals surface area contributed by atoms with Gasteiger partial charge in [0.15, 0.2) is 17.0 Å². The number of primary amides is 1. The van der Waals surface area contributed by atoms with E-state index in [-0.39, 0.29) is 35.1 Å². The molecular formula is C27H30N9O5S+. The van der Waals surface area contributed by atoms with Crippen LogP contribution in [0.3, 0.4) is 0 Å². The topological polar surface area (TPSA) is 195 Å². The minimum atomic E-state index is -0.667. The molecule has 15 heteroatoms. The number of hydrogen-bond donors (Lipinski definition) is 3. The van der Waals surface area contributed by atoms with E-state index in [1.165, 1.54) is 23.9 Å². The highest BCUT2D eigenvalue weighted by Crippen LogP contribution is 2.36. The monoisotopic (exact) mass is 592 g/mol. The number of quaternary nitrogens is 1. The number of carbonyl (C=O) groups excluding carboxylic acids is 1. The molecule has 0 aromatic carbocycles. The van der Waals surface area contributed by atoms with Crippen LogP contribution in [0.15, 0.2) is 38.5 Å². The average Bonchev–Trinajstić information content (AvgIpc) is 3.75. The van der Waals surface area contributed by atoms with Crippen LogP contribution in [0.4, 0.5) is 10.9 Å². The van der Waals surface area contributed by atoms with E-state index in [0.717, 1.165) is 30.7 Å². The van der Waals surface area contributed by atoms with E-state index in [4.69, 9.17) is 24.4 Å². The van der Waals surface area contributed by atoms with Crippen LogP contribution in [0.1, 0.15) is 47.4 Å². The number of carbonyl (C=O) groups is 1. The van der Waals surface area contributed by atoms with Gasteiger partial charge in [-0.05, 0) is 12.8 Å². The minimum Gasteiger partial charge on any atom is -0.459 e. The highest BCUT2D eigenvalue weighted by atomic mass is 32.1. The zero-order valence-electron chi connectivity index (χ0n) is 22.7. The molecule has 5 aromatic rings. The largest absolute Gasteiger partial charge is 0.459 e. The van der Waals surface area contributed by atoms with Gasteiger partial charge in [0.1, 0.15) is 24.2 Å². The van der Waals surface area contributed by atoms with E-state index in [0.29, 0.717) is 65.3 Å². The van der Waals surface area contributed by atoms with Gasteiger partial charge in [-0.1, -0.05) is 11.6 Å². The van der Waals surface area contributed by atoms with Crippen molar-refractivity contribution in [3.63, 3.8) is 0 Å². The van der Waals surface area contributed by atoms with Gasteiger partial charge in [-0.3, -0.25) is 14.0 Å². The van der Waals surface area contributed by atoms with Crippen molar-refractivity contribution in [3.8, 4) is 11.3 Å². The molecule has 1 saturated carbocycles. The number of ether oxygens (including phenoxy) is 1. The van der Waals surface area contributed by atoms with Gasteiger partial charge in [0.2, 0.25) is 11.4 Å². The predicted molar refractivity (Wildman–Crippen MR) is 154 cm³/mol. The molecule has 42 heavy (non-hydrogen) atoms. The molecule has 2 fully saturated rings. The van der Waals surface area contributed by atoms with Gasteiger partial charge in [-0.2, -0.15) is 0 Å². The zero-order valence-corrected chi connectivity index (χ0v) is 23.6. The predicted octanol–water partition coefficient (Wildman–Crippen LogP) is 1.44. The molecule has 2 aliphatic rings.